The lowest BCUT2D eigenvalue weighted by Gasteiger charge is -2.05. The predicted molar refractivity (Wildman–Crippen MR) is 52.3 cm³/mol. The summed E-state index contributed by atoms with van der Waals surface area (Å²) >= 11 is 0. The van der Waals surface area contributed by atoms with Crippen molar-refractivity contribution in [2.45, 2.75) is 38.8 Å². The van der Waals surface area contributed by atoms with E-state index in [4.69, 9.17) is 5.11 Å². The minimum absolute atomic E-state index is 0.190. The molecule has 0 aromatic carbocycles. The average Bonchev–Trinajstić information content (AvgIpc) is 2.58. The highest BCUT2D eigenvalue weighted by Gasteiger charge is 2.41. The highest BCUT2D eigenvalue weighted by molar-refractivity contribution is 6.01. The summed E-state index contributed by atoms with van der Waals surface area (Å²) in [6.07, 6.45) is -2.89. The molecular formula is C10H12F3NO2. The topological polar surface area (TPSA) is 49.7 Å². The SMILES string of the molecule is CCCCC1=NC(C(F)(F)F)=C(C(=O)O)C1. The van der Waals surface area contributed by atoms with Crippen molar-refractivity contribution in [3.63, 3.8) is 0 Å². The quantitative estimate of drug-likeness (QED) is 0.814. The fourth-order valence-corrected chi connectivity index (χ4v) is 1.49. The van der Waals surface area contributed by atoms with Crippen LogP contribution in [0.25, 0.3) is 0 Å². The van der Waals surface area contributed by atoms with Crippen LogP contribution in [0.2, 0.25) is 0 Å². The van der Waals surface area contributed by atoms with Gasteiger partial charge in [0.1, 0.15) is 0 Å². The number of hydrogen-bond acceptors (Lipinski definition) is 2. The molecule has 0 aliphatic carbocycles. The molecule has 1 rings (SSSR count). The van der Waals surface area contributed by atoms with E-state index in [0.717, 1.165) is 12.8 Å². The summed E-state index contributed by atoms with van der Waals surface area (Å²) in [5, 5.41) is 8.66. The molecule has 90 valence electrons. The number of halogens is 3. The molecule has 0 aromatic heterocycles. The molecule has 3 nitrogen and oxygen atoms in total. The van der Waals surface area contributed by atoms with Gasteiger partial charge in [-0.3, -0.25) is 4.99 Å². The lowest BCUT2D eigenvalue weighted by atomic mass is 10.1. The number of carboxylic acid groups (broad SMARTS) is 1. The number of allylic oxidation sites excluding steroid dienone is 1. The monoisotopic (exact) mass is 235 g/mol. The first-order valence-corrected chi connectivity index (χ1v) is 4.96. The van der Waals surface area contributed by atoms with Crippen LogP contribution in [0.3, 0.4) is 0 Å². The van der Waals surface area contributed by atoms with Gasteiger partial charge in [0.25, 0.3) is 0 Å². The van der Waals surface area contributed by atoms with Crippen molar-refractivity contribution in [3.8, 4) is 0 Å². The van der Waals surface area contributed by atoms with Gasteiger partial charge in [-0.1, -0.05) is 13.3 Å². The minimum Gasteiger partial charge on any atom is -0.478 e. The van der Waals surface area contributed by atoms with Gasteiger partial charge in [-0.15, -0.1) is 0 Å². The maximum atomic E-state index is 12.4. The Labute approximate surface area is 90.7 Å². The number of unbranched alkanes of at least 4 members (excludes halogenated alkanes) is 1. The molecule has 0 bridgehead atoms. The number of carboxylic acids is 1. The van der Waals surface area contributed by atoms with Gasteiger partial charge < -0.3 is 5.11 Å². The van der Waals surface area contributed by atoms with E-state index in [1.807, 2.05) is 6.92 Å². The largest absolute Gasteiger partial charge is 0.478 e. The molecule has 0 radical (unpaired) electrons. The van der Waals surface area contributed by atoms with Gasteiger partial charge in [-0.05, 0) is 12.8 Å². The number of hydrogen-bond donors (Lipinski definition) is 1. The Hall–Kier alpha value is -1.33. The predicted octanol–water partition coefficient (Wildman–Crippen LogP) is 2.92. The second-order valence-electron chi connectivity index (χ2n) is 3.59. The highest BCUT2D eigenvalue weighted by Crippen LogP contribution is 2.35. The Kier molecular flexibility index (Phi) is 3.72. The van der Waals surface area contributed by atoms with Gasteiger partial charge in [-0.2, -0.15) is 13.2 Å². The van der Waals surface area contributed by atoms with Crippen LogP contribution in [-0.4, -0.2) is 23.0 Å². The summed E-state index contributed by atoms with van der Waals surface area (Å²) < 4.78 is 37.3. The normalized spacial score (nSPS) is 16.6. The summed E-state index contributed by atoms with van der Waals surface area (Å²) in [5.74, 6) is -1.54. The molecule has 6 heteroatoms. The molecule has 0 saturated carbocycles. The number of nitrogens with zero attached hydrogens (tertiary/aromatic N) is 1. The Morgan fingerprint density at radius 1 is 1.50 bits per heavy atom. The first-order chi connectivity index (χ1) is 7.36. The molecule has 0 unspecified atom stereocenters. The molecule has 16 heavy (non-hydrogen) atoms. The zero-order valence-electron chi connectivity index (χ0n) is 8.76. The van der Waals surface area contributed by atoms with Gasteiger partial charge in [-0.25, -0.2) is 4.79 Å². The lowest BCUT2D eigenvalue weighted by molar-refractivity contribution is -0.134. The second-order valence-corrected chi connectivity index (χ2v) is 3.59. The van der Waals surface area contributed by atoms with E-state index in [0.29, 0.717) is 12.1 Å². The van der Waals surface area contributed by atoms with Crippen molar-refractivity contribution in [1.82, 2.24) is 0 Å². The summed E-state index contributed by atoms with van der Waals surface area (Å²) in [6.45, 7) is 1.91. The molecule has 1 heterocycles. The molecule has 1 aliphatic rings. The van der Waals surface area contributed by atoms with Gasteiger partial charge in [0.15, 0.2) is 5.70 Å². The molecule has 0 spiro atoms. The number of alkyl halides is 3. The van der Waals surface area contributed by atoms with Crippen LogP contribution in [0, 0.1) is 0 Å². The van der Waals surface area contributed by atoms with E-state index < -0.39 is 23.4 Å². The third-order valence-corrected chi connectivity index (χ3v) is 2.28. The lowest BCUT2D eigenvalue weighted by Crippen LogP contribution is -2.14. The maximum absolute atomic E-state index is 12.4. The van der Waals surface area contributed by atoms with Crippen molar-refractivity contribution in [3.05, 3.63) is 11.3 Å². The molecular weight excluding hydrogens is 223 g/mol. The third kappa shape index (κ3) is 2.84. The standard InChI is InChI=1S/C10H12F3NO2/c1-2-3-4-6-5-7(9(15)16)8(14-6)10(11,12)13/h2-5H2,1H3,(H,15,16). The Morgan fingerprint density at radius 2 is 2.12 bits per heavy atom. The van der Waals surface area contributed by atoms with Crippen molar-refractivity contribution in [1.29, 1.82) is 0 Å². The molecule has 0 fully saturated rings. The number of rotatable bonds is 4. The summed E-state index contributed by atoms with van der Waals surface area (Å²) in [6, 6.07) is 0. The Bertz CT molecular complexity index is 356. The van der Waals surface area contributed by atoms with E-state index in [1.165, 1.54) is 0 Å². The van der Waals surface area contributed by atoms with Crippen molar-refractivity contribution < 1.29 is 23.1 Å². The fraction of sp³-hybridized carbons (Fsp3) is 0.600. The summed E-state index contributed by atoms with van der Waals surface area (Å²) in [4.78, 5) is 14.0. The van der Waals surface area contributed by atoms with Crippen molar-refractivity contribution in [2.75, 3.05) is 0 Å². The zero-order chi connectivity index (χ0) is 12.3. The number of aliphatic imine (C=N–C) groups is 1. The van der Waals surface area contributed by atoms with E-state index in [1.54, 1.807) is 0 Å². The third-order valence-electron chi connectivity index (χ3n) is 2.28. The van der Waals surface area contributed by atoms with E-state index >= 15 is 0 Å². The molecule has 0 aromatic rings. The first kappa shape index (κ1) is 12.7. The van der Waals surface area contributed by atoms with Crippen LogP contribution < -0.4 is 0 Å². The summed E-state index contributed by atoms with van der Waals surface area (Å²) in [7, 11) is 0. The number of aliphatic carboxylic acids is 1. The van der Waals surface area contributed by atoms with Crippen LogP contribution in [0.1, 0.15) is 32.6 Å². The zero-order valence-corrected chi connectivity index (χ0v) is 8.76. The number of carbonyl (C=O) groups is 1. The average molecular weight is 235 g/mol. The minimum atomic E-state index is -4.68. The Balaban J connectivity index is 2.89. The van der Waals surface area contributed by atoms with Gasteiger partial charge in [0.2, 0.25) is 0 Å². The van der Waals surface area contributed by atoms with Crippen molar-refractivity contribution in [2.24, 2.45) is 4.99 Å². The smallest absolute Gasteiger partial charge is 0.433 e. The first-order valence-electron chi connectivity index (χ1n) is 4.96. The molecule has 1 N–H and O–H groups in total. The van der Waals surface area contributed by atoms with Gasteiger partial charge >= 0.3 is 12.1 Å². The molecule has 0 atom stereocenters. The van der Waals surface area contributed by atoms with E-state index in [-0.39, 0.29) is 6.42 Å². The van der Waals surface area contributed by atoms with Crippen LogP contribution in [0.4, 0.5) is 13.2 Å². The highest BCUT2D eigenvalue weighted by atomic mass is 19.4. The van der Waals surface area contributed by atoms with Crippen LogP contribution >= 0.6 is 0 Å². The van der Waals surface area contributed by atoms with E-state index in [9.17, 15) is 18.0 Å². The van der Waals surface area contributed by atoms with Gasteiger partial charge in [0, 0.05) is 12.1 Å². The summed E-state index contributed by atoms with van der Waals surface area (Å²) in [5.41, 5.74) is -1.57. The van der Waals surface area contributed by atoms with Crippen LogP contribution in [0.5, 0.6) is 0 Å². The van der Waals surface area contributed by atoms with Crippen LogP contribution in [0.15, 0.2) is 16.3 Å². The second kappa shape index (κ2) is 4.67. The van der Waals surface area contributed by atoms with Crippen LogP contribution in [-0.2, 0) is 4.79 Å². The van der Waals surface area contributed by atoms with Gasteiger partial charge in [0.05, 0.1) is 5.57 Å². The molecule has 0 saturated heterocycles. The van der Waals surface area contributed by atoms with Crippen molar-refractivity contribution >= 4 is 11.7 Å². The van der Waals surface area contributed by atoms with E-state index in [2.05, 4.69) is 4.99 Å². The molecule has 0 amide bonds. The fourth-order valence-electron chi connectivity index (χ4n) is 1.49. The Morgan fingerprint density at radius 3 is 2.50 bits per heavy atom. The maximum Gasteiger partial charge on any atom is 0.433 e. The molecule has 1 aliphatic heterocycles.